The lowest BCUT2D eigenvalue weighted by Crippen LogP contribution is -2.21. The molecule has 0 spiro atoms. The van der Waals surface area contributed by atoms with E-state index >= 15 is 0 Å². The van der Waals surface area contributed by atoms with Crippen molar-refractivity contribution >= 4 is 17.8 Å². The third-order valence-corrected chi connectivity index (χ3v) is 6.07. The van der Waals surface area contributed by atoms with Crippen LogP contribution in [0.4, 0.5) is 32.2 Å². The minimum Gasteiger partial charge on any atom is -0.481 e. The Morgan fingerprint density at radius 1 is 1.02 bits per heavy atom. The molecule has 4 rings (SSSR count). The van der Waals surface area contributed by atoms with E-state index in [0.717, 1.165) is 55.9 Å². The van der Waals surface area contributed by atoms with Gasteiger partial charge in [-0.15, -0.1) is 0 Å². The second-order valence-corrected chi connectivity index (χ2v) is 9.22. The van der Waals surface area contributed by atoms with Crippen LogP contribution in [0.2, 0.25) is 0 Å². The first-order valence-electron chi connectivity index (χ1n) is 12.5. The predicted molar refractivity (Wildman–Crippen MR) is 131 cm³/mol. The van der Waals surface area contributed by atoms with E-state index in [2.05, 4.69) is 26.5 Å². The molecule has 3 N–H and O–H groups in total. The summed E-state index contributed by atoms with van der Waals surface area (Å²) in [5.74, 6) is -2.97. The highest BCUT2D eigenvalue weighted by molar-refractivity contribution is 5.73. The number of anilines is 1. The Labute approximate surface area is 229 Å². The molecule has 222 valence electrons. The molecular formula is C26H26F6N4O5. The molecule has 3 aromatic rings. The first kappa shape index (κ1) is 31.4. The Kier molecular flexibility index (Phi) is 10.3. The van der Waals surface area contributed by atoms with Crippen molar-refractivity contribution in [3.63, 3.8) is 0 Å². The van der Waals surface area contributed by atoms with E-state index in [-0.39, 0.29) is 24.3 Å². The van der Waals surface area contributed by atoms with Crippen LogP contribution in [-0.4, -0.2) is 50.0 Å². The molecule has 0 radical (unpaired) electrons. The molecule has 1 aliphatic heterocycles. The van der Waals surface area contributed by atoms with Gasteiger partial charge in [0.1, 0.15) is 5.82 Å². The van der Waals surface area contributed by atoms with Crippen LogP contribution in [0, 0.1) is 0 Å². The number of pyridine rings is 1. The van der Waals surface area contributed by atoms with Gasteiger partial charge in [0, 0.05) is 31.0 Å². The van der Waals surface area contributed by atoms with Gasteiger partial charge in [-0.1, -0.05) is 29.4 Å². The average molecular weight is 589 g/mol. The van der Waals surface area contributed by atoms with Crippen molar-refractivity contribution in [2.45, 2.75) is 63.2 Å². The molecule has 0 fully saturated rings. The molecule has 1 atom stereocenters. The van der Waals surface area contributed by atoms with Crippen molar-refractivity contribution in [2.24, 2.45) is 0 Å². The summed E-state index contributed by atoms with van der Waals surface area (Å²) in [5.41, 5.74) is 1.65. The van der Waals surface area contributed by atoms with Crippen LogP contribution in [0.3, 0.4) is 0 Å². The van der Waals surface area contributed by atoms with E-state index in [9.17, 15) is 36.2 Å². The van der Waals surface area contributed by atoms with Crippen LogP contribution in [0.25, 0.3) is 0 Å². The molecule has 0 saturated heterocycles. The second-order valence-electron chi connectivity index (χ2n) is 9.22. The monoisotopic (exact) mass is 588 g/mol. The molecule has 3 heterocycles. The van der Waals surface area contributed by atoms with Crippen molar-refractivity contribution in [2.75, 3.05) is 11.9 Å². The standard InChI is InChI=1S/C24H25F3N4O3.C2HF3O2/c25-24(26,27)18-6-1-4-16(12-18)17(14-22(32)33)13-21-30-20(31-34-21)8-2-7-19-10-9-15-5-3-11-28-23(15)29-19;3-2(4,5)1(6)7/h1,4,6,9-10,12,17H,2-3,5,7-8,11,13-14H2,(H,28,29)(H,32,33);(H,6,7). The van der Waals surface area contributed by atoms with E-state index < -0.39 is 35.8 Å². The van der Waals surface area contributed by atoms with Crippen LogP contribution in [0.1, 0.15) is 59.3 Å². The first-order valence-corrected chi connectivity index (χ1v) is 12.5. The third-order valence-electron chi connectivity index (χ3n) is 6.07. The molecule has 15 heteroatoms. The first-order chi connectivity index (χ1) is 19.2. The lowest BCUT2D eigenvalue weighted by atomic mass is 9.91. The van der Waals surface area contributed by atoms with Gasteiger partial charge in [-0.2, -0.15) is 31.3 Å². The molecule has 9 nitrogen and oxygen atoms in total. The number of alkyl halides is 6. The summed E-state index contributed by atoms with van der Waals surface area (Å²) in [7, 11) is 0. The number of aromatic nitrogens is 3. The maximum atomic E-state index is 13.1. The molecule has 0 aliphatic carbocycles. The number of carboxylic acids is 2. The average Bonchev–Trinajstić information content (AvgIpc) is 3.34. The molecule has 0 bridgehead atoms. The molecule has 1 unspecified atom stereocenters. The number of benzene rings is 1. The molecule has 1 aromatic carbocycles. The minimum atomic E-state index is -5.08. The zero-order chi connectivity index (χ0) is 30.2. The largest absolute Gasteiger partial charge is 0.490 e. The molecule has 1 aliphatic rings. The normalized spacial score (nSPS) is 13.8. The van der Waals surface area contributed by atoms with Crippen LogP contribution < -0.4 is 5.32 Å². The summed E-state index contributed by atoms with van der Waals surface area (Å²) in [6, 6.07) is 8.83. The number of rotatable bonds is 9. The van der Waals surface area contributed by atoms with Gasteiger partial charge in [-0.3, -0.25) is 4.79 Å². The van der Waals surface area contributed by atoms with E-state index in [1.54, 1.807) is 0 Å². The summed E-state index contributed by atoms with van der Waals surface area (Å²) in [4.78, 5) is 29.2. The molecule has 0 saturated carbocycles. The number of halogens is 6. The number of nitrogens with one attached hydrogen (secondary N) is 1. The fourth-order valence-corrected chi connectivity index (χ4v) is 4.11. The van der Waals surface area contributed by atoms with E-state index in [4.69, 9.17) is 14.4 Å². The van der Waals surface area contributed by atoms with Gasteiger partial charge in [0.05, 0.1) is 12.0 Å². The zero-order valence-electron chi connectivity index (χ0n) is 21.4. The number of aryl methyl sites for hydroxylation is 3. The number of carboxylic acid groups (broad SMARTS) is 2. The minimum absolute atomic E-state index is 0.0403. The van der Waals surface area contributed by atoms with Crippen molar-refractivity contribution in [3.05, 3.63) is 70.5 Å². The van der Waals surface area contributed by atoms with Gasteiger partial charge in [-0.25, -0.2) is 9.78 Å². The van der Waals surface area contributed by atoms with E-state index in [1.165, 1.54) is 17.7 Å². The van der Waals surface area contributed by atoms with Crippen LogP contribution in [0.5, 0.6) is 0 Å². The highest BCUT2D eigenvalue weighted by Crippen LogP contribution is 2.33. The van der Waals surface area contributed by atoms with Gasteiger partial charge in [0.25, 0.3) is 0 Å². The number of hydrogen-bond acceptors (Lipinski definition) is 7. The topological polar surface area (TPSA) is 138 Å². The van der Waals surface area contributed by atoms with Gasteiger partial charge < -0.3 is 20.1 Å². The Morgan fingerprint density at radius 3 is 2.41 bits per heavy atom. The number of hydrogen-bond donors (Lipinski definition) is 3. The maximum absolute atomic E-state index is 13.1. The number of carbonyl (C=O) groups is 2. The van der Waals surface area contributed by atoms with E-state index in [0.29, 0.717) is 12.2 Å². The SMILES string of the molecule is O=C(O)C(F)(F)F.O=C(O)CC(Cc1nc(CCCc2ccc3c(n2)NCCC3)no1)c1cccc(C(F)(F)F)c1. The van der Waals surface area contributed by atoms with Crippen molar-refractivity contribution in [1.29, 1.82) is 0 Å². The van der Waals surface area contributed by atoms with Gasteiger partial charge in [-0.05, 0) is 48.9 Å². The molecule has 41 heavy (non-hydrogen) atoms. The summed E-state index contributed by atoms with van der Waals surface area (Å²) < 4.78 is 76.3. The molecular weight excluding hydrogens is 562 g/mol. The number of fused-ring (bicyclic) bond motifs is 1. The zero-order valence-corrected chi connectivity index (χ0v) is 21.4. The van der Waals surface area contributed by atoms with Crippen LogP contribution in [0.15, 0.2) is 40.9 Å². The lowest BCUT2D eigenvalue weighted by molar-refractivity contribution is -0.192. The molecule has 0 amide bonds. The summed E-state index contributed by atoms with van der Waals surface area (Å²) >= 11 is 0. The Balaban J connectivity index is 0.000000587. The quantitative estimate of drug-likeness (QED) is 0.279. The number of nitrogens with zero attached hydrogens (tertiary/aromatic N) is 3. The summed E-state index contributed by atoms with van der Waals surface area (Å²) in [6.45, 7) is 0.929. The highest BCUT2D eigenvalue weighted by Gasteiger charge is 2.38. The van der Waals surface area contributed by atoms with Crippen LogP contribution in [-0.2, 0) is 41.4 Å². The van der Waals surface area contributed by atoms with Gasteiger partial charge >= 0.3 is 24.3 Å². The second kappa shape index (κ2) is 13.5. The fourth-order valence-electron chi connectivity index (χ4n) is 4.11. The van der Waals surface area contributed by atoms with Gasteiger partial charge in [0.15, 0.2) is 5.82 Å². The van der Waals surface area contributed by atoms with Crippen molar-refractivity contribution < 1.29 is 50.7 Å². The van der Waals surface area contributed by atoms with Gasteiger partial charge in [0.2, 0.25) is 5.89 Å². The maximum Gasteiger partial charge on any atom is 0.490 e. The van der Waals surface area contributed by atoms with Crippen molar-refractivity contribution in [3.8, 4) is 0 Å². The summed E-state index contributed by atoms with van der Waals surface area (Å²) in [6.07, 6.45) is -5.73. The Morgan fingerprint density at radius 2 is 1.76 bits per heavy atom. The molecule has 2 aromatic heterocycles. The highest BCUT2D eigenvalue weighted by atomic mass is 19.4. The third kappa shape index (κ3) is 9.76. The lowest BCUT2D eigenvalue weighted by Gasteiger charge is -2.17. The van der Waals surface area contributed by atoms with E-state index in [1.807, 2.05) is 6.07 Å². The summed E-state index contributed by atoms with van der Waals surface area (Å²) in [5, 5.41) is 23.7. The fraction of sp³-hybridized carbons (Fsp3) is 0.423. The predicted octanol–water partition coefficient (Wildman–Crippen LogP) is 5.45. The Bertz CT molecular complexity index is 1340. The van der Waals surface area contributed by atoms with Crippen LogP contribution >= 0.6 is 0 Å². The van der Waals surface area contributed by atoms with Crippen molar-refractivity contribution in [1.82, 2.24) is 15.1 Å². The number of aliphatic carboxylic acids is 2. The Hall–Kier alpha value is -4.17. The smallest absolute Gasteiger partial charge is 0.481 e.